The fraction of sp³-hybridized carbons (Fsp3) is 0.364. The van der Waals surface area contributed by atoms with Crippen LogP contribution in [0.25, 0.3) is 0 Å². The number of aromatic hydroxyl groups is 1. The number of carbonyl (C=O) groups excluding carboxylic acids is 1. The van der Waals surface area contributed by atoms with Crippen molar-refractivity contribution < 1.29 is 29.0 Å². The predicted octanol–water partition coefficient (Wildman–Crippen LogP) is 1.38. The molecular weight excluding hydrogens is 258 g/mol. The fourth-order valence-electron chi connectivity index (χ4n) is 1.58. The highest BCUT2D eigenvalue weighted by atomic mass is 16.7. The molecule has 1 N–H and O–H groups in total. The summed E-state index contributed by atoms with van der Waals surface area (Å²) < 4.78 is 14.3. The number of hydrogen-bond donors (Lipinski definition) is 1. The van der Waals surface area contributed by atoms with Crippen LogP contribution in [-0.4, -0.2) is 37.0 Å². The first-order valence-corrected chi connectivity index (χ1v) is 5.15. The van der Waals surface area contributed by atoms with Crippen molar-refractivity contribution >= 4 is 11.7 Å². The van der Waals surface area contributed by atoms with Gasteiger partial charge in [0.25, 0.3) is 0 Å². The van der Waals surface area contributed by atoms with Crippen LogP contribution in [-0.2, 0) is 9.47 Å². The fourth-order valence-corrected chi connectivity index (χ4v) is 1.58. The van der Waals surface area contributed by atoms with Crippen LogP contribution in [0, 0.1) is 17.0 Å². The van der Waals surface area contributed by atoms with Crippen molar-refractivity contribution in [1.29, 1.82) is 0 Å². The van der Waals surface area contributed by atoms with Gasteiger partial charge in [0.15, 0.2) is 12.5 Å². The Morgan fingerprint density at radius 2 is 2.11 bits per heavy atom. The molecule has 0 saturated carbocycles. The van der Waals surface area contributed by atoms with E-state index in [1.165, 1.54) is 14.0 Å². The molecule has 0 unspecified atom stereocenters. The molecule has 0 atom stereocenters. The van der Waals surface area contributed by atoms with E-state index < -0.39 is 22.3 Å². The third-order valence-electron chi connectivity index (χ3n) is 2.39. The van der Waals surface area contributed by atoms with E-state index in [1.54, 1.807) is 0 Å². The molecule has 8 nitrogen and oxygen atoms in total. The highest BCUT2D eigenvalue weighted by molar-refractivity contribution is 5.96. The van der Waals surface area contributed by atoms with Gasteiger partial charge in [0.2, 0.25) is 0 Å². The summed E-state index contributed by atoms with van der Waals surface area (Å²) >= 11 is 0. The first-order valence-electron chi connectivity index (χ1n) is 5.15. The van der Waals surface area contributed by atoms with E-state index in [1.807, 2.05) is 0 Å². The minimum atomic E-state index is -0.799. The third kappa shape index (κ3) is 2.91. The van der Waals surface area contributed by atoms with Crippen molar-refractivity contribution in [2.45, 2.75) is 6.92 Å². The average Bonchev–Trinajstić information content (AvgIpc) is 2.34. The summed E-state index contributed by atoms with van der Waals surface area (Å²) in [6.07, 6.45) is 0. The average molecular weight is 271 g/mol. The molecular formula is C11H13NO7. The molecule has 0 fully saturated rings. The van der Waals surface area contributed by atoms with Gasteiger partial charge in [-0.2, -0.15) is 0 Å². The van der Waals surface area contributed by atoms with E-state index in [0.717, 1.165) is 13.2 Å². The van der Waals surface area contributed by atoms with E-state index in [0.29, 0.717) is 0 Å². The normalized spacial score (nSPS) is 10.1. The lowest BCUT2D eigenvalue weighted by Gasteiger charge is -2.12. The highest BCUT2D eigenvalue weighted by Gasteiger charge is 2.28. The Morgan fingerprint density at radius 3 is 2.58 bits per heavy atom. The van der Waals surface area contributed by atoms with Gasteiger partial charge in [0.1, 0.15) is 11.3 Å². The van der Waals surface area contributed by atoms with Gasteiger partial charge in [-0.3, -0.25) is 10.1 Å². The molecule has 1 aromatic rings. The summed E-state index contributed by atoms with van der Waals surface area (Å²) in [5.41, 5.74) is -0.725. The topological polar surface area (TPSA) is 108 Å². The van der Waals surface area contributed by atoms with Crippen LogP contribution in [0.1, 0.15) is 15.9 Å². The number of phenols is 1. The third-order valence-corrected chi connectivity index (χ3v) is 2.39. The number of hydrogen-bond acceptors (Lipinski definition) is 7. The van der Waals surface area contributed by atoms with Crippen molar-refractivity contribution in [2.24, 2.45) is 0 Å². The number of nitro benzene ring substituents is 1. The Balaban J connectivity index is 3.47. The van der Waals surface area contributed by atoms with Gasteiger partial charge in [-0.05, 0) is 6.92 Å². The van der Waals surface area contributed by atoms with E-state index in [4.69, 9.17) is 4.74 Å². The van der Waals surface area contributed by atoms with Crippen molar-refractivity contribution in [3.8, 4) is 11.5 Å². The van der Waals surface area contributed by atoms with Crippen molar-refractivity contribution in [3.63, 3.8) is 0 Å². The smallest absolute Gasteiger partial charge is 0.342 e. The van der Waals surface area contributed by atoms with Crippen LogP contribution in [0.5, 0.6) is 11.5 Å². The second-order valence-corrected chi connectivity index (χ2v) is 3.54. The standard InChI is InChI=1S/C11H13NO7/c1-6-9(11(14)18-3)8(19-5-17-2)4-7(13)10(6)12(15)16/h4,13H,5H2,1-3H3. The van der Waals surface area contributed by atoms with Crippen LogP contribution in [0.4, 0.5) is 5.69 Å². The number of phenolic OH excluding ortho intramolecular Hbond substituents is 1. The van der Waals surface area contributed by atoms with Crippen LogP contribution < -0.4 is 4.74 Å². The molecule has 0 heterocycles. The Kier molecular flexibility index (Phi) is 4.65. The zero-order valence-corrected chi connectivity index (χ0v) is 10.6. The quantitative estimate of drug-likeness (QED) is 0.373. The van der Waals surface area contributed by atoms with Gasteiger partial charge in [-0.15, -0.1) is 0 Å². The molecule has 0 amide bonds. The maximum Gasteiger partial charge on any atom is 0.342 e. The minimum absolute atomic E-state index is 0.0389. The van der Waals surface area contributed by atoms with Crippen LogP contribution in [0.15, 0.2) is 6.07 Å². The Hall–Kier alpha value is -2.35. The predicted molar refractivity (Wildman–Crippen MR) is 63.3 cm³/mol. The molecule has 1 rings (SSSR count). The lowest BCUT2D eigenvalue weighted by molar-refractivity contribution is -0.386. The molecule has 0 aliphatic carbocycles. The molecule has 0 saturated heterocycles. The lowest BCUT2D eigenvalue weighted by Crippen LogP contribution is -2.11. The van der Waals surface area contributed by atoms with E-state index >= 15 is 0 Å². The number of ether oxygens (including phenoxy) is 3. The number of methoxy groups -OCH3 is 2. The zero-order chi connectivity index (χ0) is 14.6. The number of nitro groups is 1. The molecule has 0 bridgehead atoms. The first-order chi connectivity index (χ1) is 8.93. The minimum Gasteiger partial charge on any atom is -0.502 e. The molecule has 19 heavy (non-hydrogen) atoms. The van der Waals surface area contributed by atoms with E-state index in [2.05, 4.69) is 9.47 Å². The highest BCUT2D eigenvalue weighted by Crippen LogP contribution is 2.38. The molecule has 0 aromatic heterocycles. The Morgan fingerprint density at radius 1 is 1.47 bits per heavy atom. The van der Waals surface area contributed by atoms with Crippen LogP contribution in [0.2, 0.25) is 0 Å². The second-order valence-electron chi connectivity index (χ2n) is 3.54. The maximum absolute atomic E-state index is 11.7. The maximum atomic E-state index is 11.7. The molecule has 1 aromatic carbocycles. The largest absolute Gasteiger partial charge is 0.502 e. The van der Waals surface area contributed by atoms with Gasteiger partial charge < -0.3 is 19.3 Å². The van der Waals surface area contributed by atoms with Crippen LogP contribution >= 0.6 is 0 Å². The second kappa shape index (κ2) is 6.01. The van der Waals surface area contributed by atoms with Crippen LogP contribution in [0.3, 0.4) is 0 Å². The van der Waals surface area contributed by atoms with Gasteiger partial charge in [0, 0.05) is 18.7 Å². The number of esters is 1. The SMILES string of the molecule is COCOc1cc(O)c([N+](=O)[O-])c(C)c1C(=O)OC. The summed E-state index contributed by atoms with van der Waals surface area (Å²) in [5, 5.41) is 20.5. The Labute approximate surface area is 108 Å². The number of benzene rings is 1. The summed E-state index contributed by atoms with van der Waals surface area (Å²) in [5.74, 6) is -1.44. The number of nitrogens with zero attached hydrogens (tertiary/aromatic N) is 1. The molecule has 0 aliphatic heterocycles. The molecule has 0 aliphatic rings. The van der Waals surface area contributed by atoms with Crippen molar-refractivity contribution in [1.82, 2.24) is 0 Å². The summed E-state index contributed by atoms with van der Waals surface area (Å²) in [6, 6.07) is 0.983. The molecule has 0 spiro atoms. The van der Waals surface area contributed by atoms with Gasteiger partial charge in [0.05, 0.1) is 12.0 Å². The lowest BCUT2D eigenvalue weighted by atomic mass is 10.0. The zero-order valence-electron chi connectivity index (χ0n) is 10.6. The monoisotopic (exact) mass is 271 g/mol. The van der Waals surface area contributed by atoms with E-state index in [9.17, 15) is 20.0 Å². The summed E-state index contributed by atoms with van der Waals surface area (Å²) in [6.45, 7) is 1.14. The van der Waals surface area contributed by atoms with E-state index in [-0.39, 0.29) is 23.7 Å². The number of rotatable bonds is 5. The molecule has 104 valence electrons. The molecule has 8 heteroatoms. The summed E-state index contributed by atoms with van der Waals surface area (Å²) in [7, 11) is 2.51. The first kappa shape index (κ1) is 14.7. The van der Waals surface area contributed by atoms with Gasteiger partial charge in [-0.25, -0.2) is 4.79 Å². The molecule has 0 radical (unpaired) electrons. The number of carbonyl (C=O) groups is 1. The van der Waals surface area contributed by atoms with Crippen molar-refractivity contribution in [3.05, 3.63) is 27.3 Å². The summed E-state index contributed by atoms with van der Waals surface area (Å²) in [4.78, 5) is 21.7. The Bertz CT molecular complexity index is 512. The van der Waals surface area contributed by atoms with Gasteiger partial charge >= 0.3 is 11.7 Å². The van der Waals surface area contributed by atoms with Crippen molar-refractivity contribution in [2.75, 3.05) is 21.0 Å². The van der Waals surface area contributed by atoms with Gasteiger partial charge in [-0.1, -0.05) is 0 Å².